The lowest BCUT2D eigenvalue weighted by Gasteiger charge is -2.38. The second-order valence-corrected chi connectivity index (χ2v) is 8.53. The molecule has 2 aliphatic rings. The minimum Gasteiger partial charge on any atom is -0.455 e. The molecule has 1 amide bonds. The first kappa shape index (κ1) is 20.2. The summed E-state index contributed by atoms with van der Waals surface area (Å²) in [7, 11) is -3.58. The van der Waals surface area contributed by atoms with E-state index in [1.165, 1.54) is 10.4 Å². The molecular weight excluding hydrogens is 366 g/mol. The SMILES string of the molecule is Cc1oc(C(=O)N2CCNC(C)C2C)cc1S(=O)(=O)N1CCCC1.Cl. The van der Waals surface area contributed by atoms with Crippen LogP contribution in [0.5, 0.6) is 0 Å². The van der Waals surface area contributed by atoms with Crippen LogP contribution in [-0.2, 0) is 10.0 Å². The van der Waals surface area contributed by atoms with E-state index in [1.807, 2.05) is 13.8 Å². The number of carbonyl (C=O) groups is 1. The van der Waals surface area contributed by atoms with Crippen molar-refractivity contribution in [3.63, 3.8) is 0 Å². The van der Waals surface area contributed by atoms with Gasteiger partial charge >= 0.3 is 0 Å². The smallest absolute Gasteiger partial charge is 0.289 e. The highest BCUT2D eigenvalue weighted by Crippen LogP contribution is 2.27. The molecule has 0 radical (unpaired) electrons. The van der Waals surface area contributed by atoms with Crippen molar-refractivity contribution in [3.05, 3.63) is 17.6 Å². The Hall–Kier alpha value is -1.09. The number of piperazine rings is 1. The number of halogens is 1. The van der Waals surface area contributed by atoms with E-state index < -0.39 is 10.0 Å². The van der Waals surface area contributed by atoms with Crippen LogP contribution >= 0.6 is 12.4 Å². The van der Waals surface area contributed by atoms with Crippen LogP contribution < -0.4 is 5.32 Å². The molecule has 1 N–H and O–H groups in total. The van der Waals surface area contributed by atoms with Crippen LogP contribution in [0.15, 0.2) is 15.4 Å². The molecule has 2 aliphatic heterocycles. The van der Waals surface area contributed by atoms with Gasteiger partial charge in [-0.05, 0) is 33.6 Å². The van der Waals surface area contributed by atoms with Gasteiger partial charge in [0.15, 0.2) is 5.76 Å². The van der Waals surface area contributed by atoms with Gasteiger partial charge in [-0.2, -0.15) is 4.31 Å². The standard InChI is InChI=1S/C16H25N3O4S.ClH/c1-11-12(2)19(9-6-17-11)16(20)14-10-15(13(3)23-14)24(21,22)18-7-4-5-8-18;/h10-12,17H,4-9H2,1-3H3;1H. The van der Waals surface area contributed by atoms with Gasteiger partial charge in [-0.1, -0.05) is 0 Å². The van der Waals surface area contributed by atoms with Crippen molar-refractivity contribution in [3.8, 4) is 0 Å². The van der Waals surface area contributed by atoms with Crippen molar-refractivity contribution in [2.45, 2.75) is 50.6 Å². The summed E-state index contributed by atoms with van der Waals surface area (Å²) in [5, 5.41) is 3.32. The average Bonchev–Trinajstić information content (AvgIpc) is 3.19. The number of amides is 1. The van der Waals surface area contributed by atoms with Crippen molar-refractivity contribution >= 4 is 28.3 Å². The fourth-order valence-electron chi connectivity index (χ4n) is 3.38. The molecule has 2 saturated heterocycles. The van der Waals surface area contributed by atoms with Gasteiger partial charge in [-0.15, -0.1) is 12.4 Å². The molecule has 0 aliphatic carbocycles. The summed E-state index contributed by atoms with van der Waals surface area (Å²) in [5.41, 5.74) is 0. The molecule has 3 rings (SSSR count). The number of sulfonamides is 1. The van der Waals surface area contributed by atoms with Crippen molar-refractivity contribution < 1.29 is 17.6 Å². The molecule has 2 unspecified atom stereocenters. The van der Waals surface area contributed by atoms with Crippen LogP contribution in [0.2, 0.25) is 0 Å². The molecule has 25 heavy (non-hydrogen) atoms. The second kappa shape index (κ2) is 7.65. The third-order valence-electron chi connectivity index (χ3n) is 5.06. The van der Waals surface area contributed by atoms with Crippen molar-refractivity contribution in [2.24, 2.45) is 0 Å². The van der Waals surface area contributed by atoms with Crippen molar-refractivity contribution in [1.82, 2.24) is 14.5 Å². The fourth-order valence-corrected chi connectivity index (χ4v) is 5.06. The molecular formula is C16H26ClN3O4S. The lowest BCUT2D eigenvalue weighted by molar-refractivity contribution is 0.0569. The van der Waals surface area contributed by atoms with E-state index in [4.69, 9.17) is 4.42 Å². The van der Waals surface area contributed by atoms with Gasteiger partial charge in [-0.3, -0.25) is 4.79 Å². The Morgan fingerprint density at radius 1 is 1.24 bits per heavy atom. The van der Waals surface area contributed by atoms with Crippen LogP contribution in [-0.4, -0.2) is 61.8 Å². The van der Waals surface area contributed by atoms with Gasteiger partial charge in [0.05, 0.1) is 0 Å². The minimum absolute atomic E-state index is 0. The van der Waals surface area contributed by atoms with Crippen molar-refractivity contribution in [2.75, 3.05) is 26.2 Å². The number of nitrogens with one attached hydrogen (secondary N) is 1. The zero-order chi connectivity index (χ0) is 17.5. The molecule has 142 valence electrons. The molecule has 0 aromatic carbocycles. The van der Waals surface area contributed by atoms with Gasteiger partial charge in [0.1, 0.15) is 10.7 Å². The topological polar surface area (TPSA) is 82.9 Å². The largest absolute Gasteiger partial charge is 0.455 e. The normalized spacial score (nSPS) is 25.0. The molecule has 3 heterocycles. The second-order valence-electron chi connectivity index (χ2n) is 6.62. The average molecular weight is 392 g/mol. The van der Waals surface area contributed by atoms with Crippen LogP contribution in [0.3, 0.4) is 0 Å². The molecule has 0 spiro atoms. The first-order valence-corrected chi connectivity index (χ1v) is 9.91. The summed E-state index contributed by atoms with van der Waals surface area (Å²) in [6.07, 6.45) is 1.75. The molecule has 0 saturated carbocycles. The molecule has 7 nitrogen and oxygen atoms in total. The van der Waals surface area contributed by atoms with E-state index in [0.29, 0.717) is 19.6 Å². The first-order chi connectivity index (χ1) is 11.3. The Labute approximate surface area is 155 Å². The van der Waals surface area contributed by atoms with Crippen LogP contribution in [0, 0.1) is 6.92 Å². The lowest BCUT2D eigenvalue weighted by atomic mass is 10.1. The van der Waals surface area contributed by atoms with E-state index in [-0.39, 0.29) is 46.8 Å². The molecule has 0 bridgehead atoms. The highest BCUT2D eigenvalue weighted by Gasteiger charge is 2.34. The Morgan fingerprint density at radius 3 is 2.52 bits per heavy atom. The molecule has 2 atom stereocenters. The number of rotatable bonds is 3. The fraction of sp³-hybridized carbons (Fsp3) is 0.688. The third-order valence-corrected chi connectivity index (χ3v) is 7.07. The first-order valence-electron chi connectivity index (χ1n) is 8.47. The van der Waals surface area contributed by atoms with E-state index in [0.717, 1.165) is 19.4 Å². The number of furan rings is 1. The number of hydrogen-bond donors (Lipinski definition) is 1. The van der Waals surface area contributed by atoms with Gasteiger partial charge in [0, 0.05) is 44.3 Å². The summed E-state index contributed by atoms with van der Waals surface area (Å²) in [6, 6.07) is 1.60. The quantitative estimate of drug-likeness (QED) is 0.846. The van der Waals surface area contributed by atoms with Crippen molar-refractivity contribution in [1.29, 1.82) is 0 Å². The summed E-state index contributed by atoms with van der Waals surface area (Å²) >= 11 is 0. The maximum Gasteiger partial charge on any atom is 0.289 e. The van der Waals surface area contributed by atoms with Gasteiger partial charge in [0.2, 0.25) is 10.0 Å². The van der Waals surface area contributed by atoms with Gasteiger partial charge in [0.25, 0.3) is 5.91 Å². The summed E-state index contributed by atoms with van der Waals surface area (Å²) in [4.78, 5) is 14.6. The summed E-state index contributed by atoms with van der Waals surface area (Å²) in [5.74, 6) is 0.133. The van der Waals surface area contributed by atoms with E-state index >= 15 is 0 Å². The van der Waals surface area contributed by atoms with Gasteiger partial charge < -0.3 is 14.6 Å². The zero-order valence-corrected chi connectivity index (χ0v) is 16.5. The molecule has 2 fully saturated rings. The van der Waals surface area contributed by atoms with E-state index in [9.17, 15) is 13.2 Å². The number of nitrogens with zero attached hydrogens (tertiary/aromatic N) is 2. The molecule has 9 heteroatoms. The predicted molar refractivity (Wildman–Crippen MR) is 96.6 cm³/mol. The highest BCUT2D eigenvalue weighted by molar-refractivity contribution is 7.89. The lowest BCUT2D eigenvalue weighted by Crippen LogP contribution is -2.57. The Bertz CT molecular complexity index is 728. The molecule has 1 aromatic rings. The zero-order valence-electron chi connectivity index (χ0n) is 14.8. The van der Waals surface area contributed by atoms with Crippen LogP contribution in [0.1, 0.15) is 43.0 Å². The van der Waals surface area contributed by atoms with Crippen LogP contribution in [0.4, 0.5) is 0 Å². The van der Waals surface area contributed by atoms with Crippen LogP contribution in [0.25, 0.3) is 0 Å². The maximum absolute atomic E-state index is 12.8. The Kier molecular flexibility index (Phi) is 6.19. The summed E-state index contributed by atoms with van der Waals surface area (Å²) < 4.78 is 32.4. The highest BCUT2D eigenvalue weighted by atomic mass is 35.5. The van der Waals surface area contributed by atoms with E-state index in [1.54, 1.807) is 11.8 Å². The molecule has 1 aromatic heterocycles. The predicted octanol–water partition coefficient (Wildman–Crippen LogP) is 1.62. The third kappa shape index (κ3) is 3.72. The van der Waals surface area contributed by atoms with Gasteiger partial charge in [-0.25, -0.2) is 8.42 Å². The Balaban J connectivity index is 0.00000225. The monoisotopic (exact) mass is 391 g/mol. The Morgan fingerprint density at radius 2 is 1.88 bits per heavy atom. The maximum atomic E-state index is 12.8. The summed E-state index contributed by atoms with van der Waals surface area (Å²) in [6.45, 7) is 7.97. The number of carbonyl (C=O) groups excluding carboxylic acids is 1. The number of hydrogen-bond acceptors (Lipinski definition) is 5. The van der Waals surface area contributed by atoms with E-state index in [2.05, 4.69) is 5.32 Å². The number of aryl methyl sites for hydroxylation is 1. The minimum atomic E-state index is -3.58.